The van der Waals surface area contributed by atoms with Crippen LogP contribution >= 0.6 is 11.6 Å². The van der Waals surface area contributed by atoms with Crippen molar-refractivity contribution >= 4 is 17.5 Å². The van der Waals surface area contributed by atoms with E-state index in [1.54, 1.807) is 0 Å². The van der Waals surface area contributed by atoms with Gasteiger partial charge in [-0.25, -0.2) is 0 Å². The topological polar surface area (TPSA) is 49.6 Å². The molecule has 2 N–H and O–H groups in total. The molecule has 3 rings (SSSR count). The van der Waals surface area contributed by atoms with Gasteiger partial charge in [0.15, 0.2) is 0 Å². The highest BCUT2D eigenvalue weighted by molar-refractivity contribution is 6.30. The Morgan fingerprint density at radius 3 is 2.48 bits per heavy atom. The van der Waals surface area contributed by atoms with E-state index >= 15 is 0 Å². The number of benzene rings is 1. The third kappa shape index (κ3) is 4.06. The Bertz CT molecular complexity index is 549. The van der Waals surface area contributed by atoms with Gasteiger partial charge in [0.05, 0.1) is 5.54 Å². The molecule has 126 valence electrons. The first kappa shape index (κ1) is 16.7. The molecule has 0 radical (unpaired) electrons. The standard InChI is InChI=1S/C18H26ClN3O/c19-16-6-4-5-15(13-16)14-21-9-11-22(12-10-21)17(23)18(20)7-2-1-3-8-18/h4-6,13H,1-3,7-12,14,20H2. The number of carbonyl (C=O) groups is 1. The Labute approximate surface area is 143 Å². The minimum absolute atomic E-state index is 0.166. The number of hydrogen-bond donors (Lipinski definition) is 1. The molecule has 5 heteroatoms. The van der Waals surface area contributed by atoms with Crippen molar-refractivity contribution in [2.24, 2.45) is 5.73 Å². The molecule has 1 heterocycles. The highest BCUT2D eigenvalue weighted by Gasteiger charge is 2.39. The van der Waals surface area contributed by atoms with E-state index in [1.807, 2.05) is 23.1 Å². The first-order chi connectivity index (χ1) is 11.1. The molecular formula is C18H26ClN3O. The summed E-state index contributed by atoms with van der Waals surface area (Å²) in [7, 11) is 0. The predicted molar refractivity (Wildman–Crippen MR) is 93.3 cm³/mol. The monoisotopic (exact) mass is 335 g/mol. The van der Waals surface area contributed by atoms with E-state index in [9.17, 15) is 4.79 Å². The first-order valence-corrected chi connectivity index (χ1v) is 9.00. The molecule has 23 heavy (non-hydrogen) atoms. The summed E-state index contributed by atoms with van der Waals surface area (Å²) in [6.45, 7) is 4.23. The molecule has 4 nitrogen and oxygen atoms in total. The van der Waals surface area contributed by atoms with Gasteiger partial charge in [0.1, 0.15) is 0 Å². The molecule has 1 aromatic rings. The van der Waals surface area contributed by atoms with Crippen molar-refractivity contribution in [3.63, 3.8) is 0 Å². The summed E-state index contributed by atoms with van der Waals surface area (Å²) >= 11 is 6.04. The fraction of sp³-hybridized carbons (Fsp3) is 0.611. The van der Waals surface area contributed by atoms with Crippen LogP contribution in [0.4, 0.5) is 0 Å². The molecule has 1 aliphatic heterocycles. The van der Waals surface area contributed by atoms with Crippen molar-refractivity contribution in [2.75, 3.05) is 26.2 Å². The molecule has 1 aliphatic carbocycles. The highest BCUT2D eigenvalue weighted by Crippen LogP contribution is 2.28. The van der Waals surface area contributed by atoms with Gasteiger partial charge in [-0.1, -0.05) is 43.0 Å². The number of rotatable bonds is 3. The van der Waals surface area contributed by atoms with E-state index in [4.69, 9.17) is 17.3 Å². The van der Waals surface area contributed by atoms with Crippen LogP contribution in [0, 0.1) is 0 Å². The quantitative estimate of drug-likeness (QED) is 0.923. The number of halogens is 1. The molecule has 0 unspecified atom stereocenters. The van der Waals surface area contributed by atoms with E-state index in [-0.39, 0.29) is 5.91 Å². The van der Waals surface area contributed by atoms with Gasteiger partial charge in [-0.15, -0.1) is 0 Å². The summed E-state index contributed by atoms with van der Waals surface area (Å²) in [5.41, 5.74) is 7.01. The van der Waals surface area contributed by atoms with Crippen molar-refractivity contribution in [2.45, 2.75) is 44.2 Å². The Morgan fingerprint density at radius 2 is 1.83 bits per heavy atom. The zero-order valence-electron chi connectivity index (χ0n) is 13.6. The number of amides is 1. The van der Waals surface area contributed by atoms with E-state index < -0.39 is 5.54 Å². The van der Waals surface area contributed by atoms with E-state index in [1.165, 1.54) is 12.0 Å². The molecule has 0 atom stereocenters. The molecule has 0 spiro atoms. The fourth-order valence-electron chi connectivity index (χ4n) is 3.71. The van der Waals surface area contributed by atoms with Crippen LogP contribution in [0.1, 0.15) is 37.7 Å². The second-order valence-corrected chi connectivity index (χ2v) is 7.35. The second kappa shape index (κ2) is 7.20. The smallest absolute Gasteiger partial charge is 0.242 e. The van der Waals surface area contributed by atoms with Crippen LogP contribution in [0.25, 0.3) is 0 Å². The van der Waals surface area contributed by atoms with Gasteiger partial charge in [-0.3, -0.25) is 9.69 Å². The SMILES string of the molecule is NC1(C(=O)N2CCN(Cc3cccc(Cl)c3)CC2)CCCCC1. The molecule has 0 aromatic heterocycles. The summed E-state index contributed by atoms with van der Waals surface area (Å²) in [4.78, 5) is 17.1. The molecule has 1 saturated heterocycles. The number of nitrogens with two attached hydrogens (primary N) is 1. The molecule has 0 bridgehead atoms. The van der Waals surface area contributed by atoms with Crippen molar-refractivity contribution in [1.82, 2.24) is 9.80 Å². The Hall–Kier alpha value is -1.10. The number of nitrogens with zero attached hydrogens (tertiary/aromatic N) is 2. The van der Waals surface area contributed by atoms with Crippen molar-refractivity contribution in [3.05, 3.63) is 34.9 Å². The lowest BCUT2D eigenvalue weighted by Crippen LogP contribution is -2.60. The molecule has 2 aliphatic rings. The molecule has 1 amide bonds. The molecule has 1 aromatic carbocycles. The zero-order chi connectivity index (χ0) is 16.3. The third-order valence-corrected chi connectivity index (χ3v) is 5.36. The third-order valence-electron chi connectivity index (χ3n) is 5.13. The van der Waals surface area contributed by atoms with Crippen molar-refractivity contribution in [3.8, 4) is 0 Å². The van der Waals surface area contributed by atoms with Crippen LogP contribution < -0.4 is 5.73 Å². The van der Waals surface area contributed by atoms with Crippen LogP contribution in [0.3, 0.4) is 0 Å². The average Bonchev–Trinajstić information content (AvgIpc) is 2.56. The van der Waals surface area contributed by atoms with Crippen LogP contribution in [0.15, 0.2) is 24.3 Å². The van der Waals surface area contributed by atoms with Crippen LogP contribution in [-0.2, 0) is 11.3 Å². The van der Waals surface area contributed by atoms with Gasteiger partial charge >= 0.3 is 0 Å². The van der Waals surface area contributed by atoms with Crippen LogP contribution in [-0.4, -0.2) is 47.4 Å². The molecule has 2 fully saturated rings. The predicted octanol–water partition coefficient (Wildman–Crippen LogP) is 2.65. The highest BCUT2D eigenvalue weighted by atomic mass is 35.5. The minimum Gasteiger partial charge on any atom is -0.339 e. The lowest BCUT2D eigenvalue weighted by molar-refractivity contribution is -0.140. The van der Waals surface area contributed by atoms with Gasteiger partial charge in [-0.05, 0) is 30.5 Å². The average molecular weight is 336 g/mol. The summed E-state index contributed by atoms with van der Waals surface area (Å²) in [6.07, 6.45) is 5.05. The van der Waals surface area contributed by atoms with Crippen molar-refractivity contribution in [1.29, 1.82) is 0 Å². The maximum atomic E-state index is 12.7. The Kier molecular flexibility index (Phi) is 5.24. The van der Waals surface area contributed by atoms with E-state index in [2.05, 4.69) is 11.0 Å². The van der Waals surface area contributed by atoms with E-state index in [0.717, 1.165) is 63.4 Å². The lowest BCUT2D eigenvalue weighted by atomic mass is 9.81. The summed E-state index contributed by atoms with van der Waals surface area (Å²) in [5, 5.41) is 0.777. The summed E-state index contributed by atoms with van der Waals surface area (Å²) < 4.78 is 0. The molecule has 1 saturated carbocycles. The van der Waals surface area contributed by atoms with Gasteiger partial charge in [0.2, 0.25) is 5.91 Å². The number of piperazine rings is 1. The number of carbonyl (C=O) groups excluding carboxylic acids is 1. The minimum atomic E-state index is -0.604. The molecular weight excluding hydrogens is 310 g/mol. The van der Waals surface area contributed by atoms with Gasteiger partial charge in [0.25, 0.3) is 0 Å². The van der Waals surface area contributed by atoms with Crippen LogP contribution in [0.5, 0.6) is 0 Å². The second-order valence-electron chi connectivity index (χ2n) is 6.92. The van der Waals surface area contributed by atoms with Gasteiger partial charge < -0.3 is 10.6 Å². The maximum absolute atomic E-state index is 12.7. The van der Waals surface area contributed by atoms with E-state index in [0.29, 0.717) is 0 Å². The maximum Gasteiger partial charge on any atom is 0.242 e. The lowest BCUT2D eigenvalue weighted by Gasteiger charge is -2.41. The van der Waals surface area contributed by atoms with Gasteiger partial charge in [0, 0.05) is 37.7 Å². The first-order valence-electron chi connectivity index (χ1n) is 8.62. The fourth-order valence-corrected chi connectivity index (χ4v) is 3.93. The van der Waals surface area contributed by atoms with Crippen LogP contribution in [0.2, 0.25) is 5.02 Å². The normalized spacial score (nSPS) is 22.1. The summed E-state index contributed by atoms with van der Waals surface area (Å²) in [5.74, 6) is 0.166. The Morgan fingerprint density at radius 1 is 1.13 bits per heavy atom. The van der Waals surface area contributed by atoms with Gasteiger partial charge in [-0.2, -0.15) is 0 Å². The largest absolute Gasteiger partial charge is 0.339 e. The summed E-state index contributed by atoms with van der Waals surface area (Å²) in [6, 6.07) is 7.99. The van der Waals surface area contributed by atoms with Crippen molar-refractivity contribution < 1.29 is 4.79 Å². The Balaban J connectivity index is 1.53. The number of hydrogen-bond acceptors (Lipinski definition) is 3. The zero-order valence-corrected chi connectivity index (χ0v) is 14.4.